The summed E-state index contributed by atoms with van der Waals surface area (Å²) in [5.74, 6) is 2.35. The lowest BCUT2D eigenvalue weighted by atomic mass is 10.1. The normalized spacial score (nSPS) is 16.7. The van der Waals surface area contributed by atoms with E-state index in [0.29, 0.717) is 6.42 Å². The summed E-state index contributed by atoms with van der Waals surface area (Å²) < 4.78 is 7.40. The van der Waals surface area contributed by atoms with Crippen LogP contribution < -0.4 is 4.74 Å². The maximum absolute atomic E-state index is 5.78. The van der Waals surface area contributed by atoms with Crippen LogP contribution in [0.1, 0.15) is 18.1 Å². The molecule has 1 aromatic heterocycles. The molecule has 1 aliphatic heterocycles. The van der Waals surface area contributed by atoms with Gasteiger partial charge in [0.2, 0.25) is 0 Å². The first-order valence-corrected chi connectivity index (χ1v) is 7.29. The van der Waals surface area contributed by atoms with Crippen LogP contribution in [0.25, 0.3) is 0 Å². The molecular formula is C17H14N4O2. The molecule has 2 heterocycles. The zero-order chi connectivity index (χ0) is 15.5. The first-order chi connectivity index (χ1) is 11.4. The van der Waals surface area contributed by atoms with E-state index in [1.54, 1.807) is 11.0 Å². The molecule has 0 aliphatic carbocycles. The Morgan fingerprint density at radius 2 is 1.78 bits per heavy atom. The maximum atomic E-state index is 5.78. The van der Waals surface area contributed by atoms with Gasteiger partial charge < -0.3 is 9.57 Å². The first-order valence-electron chi connectivity index (χ1n) is 7.29. The van der Waals surface area contributed by atoms with Gasteiger partial charge >= 0.3 is 0 Å². The molecule has 6 nitrogen and oxygen atoms in total. The summed E-state index contributed by atoms with van der Waals surface area (Å²) in [7, 11) is 0. The van der Waals surface area contributed by atoms with Gasteiger partial charge in [0.25, 0.3) is 0 Å². The van der Waals surface area contributed by atoms with Crippen molar-refractivity contribution < 1.29 is 9.57 Å². The summed E-state index contributed by atoms with van der Waals surface area (Å²) in [4.78, 5) is 9.41. The summed E-state index contributed by atoms with van der Waals surface area (Å²) >= 11 is 0. The Morgan fingerprint density at radius 1 is 1.00 bits per heavy atom. The Balaban J connectivity index is 1.43. The molecule has 0 spiro atoms. The van der Waals surface area contributed by atoms with Crippen molar-refractivity contribution in [3.8, 4) is 11.5 Å². The number of ether oxygens (including phenoxy) is 1. The average Bonchev–Trinajstić information content (AvgIpc) is 3.28. The number of hydrogen-bond acceptors (Lipinski definition) is 5. The highest BCUT2D eigenvalue weighted by Crippen LogP contribution is 2.29. The number of benzene rings is 2. The molecule has 23 heavy (non-hydrogen) atoms. The molecule has 0 saturated heterocycles. The minimum Gasteiger partial charge on any atom is -0.457 e. The minimum absolute atomic E-state index is 0.111. The molecule has 0 unspecified atom stereocenters. The number of oxime groups is 1. The summed E-state index contributed by atoms with van der Waals surface area (Å²) in [5, 5.41) is 8.13. The molecule has 4 rings (SSSR count). The van der Waals surface area contributed by atoms with Gasteiger partial charge in [0.1, 0.15) is 24.2 Å². The van der Waals surface area contributed by atoms with E-state index in [4.69, 9.17) is 9.57 Å². The molecule has 2 aromatic carbocycles. The second kappa shape index (κ2) is 5.92. The SMILES string of the molecule is c1ccc(Oc2ccc([C@@H]3CC(n4cncn4)=NO3)cc2)cc1. The standard InChI is InChI=1S/C17H14N4O2/c1-2-4-14(5-3-1)22-15-8-6-13(7-9-15)16-10-17(20-23-16)21-12-18-11-19-21/h1-9,11-12,16H,10H2/t16-/m0/s1. The van der Waals surface area contributed by atoms with Crippen molar-refractivity contribution in [3.63, 3.8) is 0 Å². The fourth-order valence-electron chi connectivity index (χ4n) is 2.40. The molecule has 0 fully saturated rings. The number of nitrogens with zero attached hydrogens (tertiary/aromatic N) is 4. The Morgan fingerprint density at radius 3 is 2.52 bits per heavy atom. The zero-order valence-electron chi connectivity index (χ0n) is 12.2. The quantitative estimate of drug-likeness (QED) is 0.744. The highest BCUT2D eigenvalue weighted by molar-refractivity contribution is 5.84. The van der Waals surface area contributed by atoms with E-state index in [1.807, 2.05) is 54.6 Å². The van der Waals surface area contributed by atoms with Crippen LogP contribution in [0.5, 0.6) is 11.5 Å². The zero-order valence-corrected chi connectivity index (χ0v) is 12.2. The van der Waals surface area contributed by atoms with Crippen molar-refractivity contribution in [2.45, 2.75) is 12.5 Å². The van der Waals surface area contributed by atoms with Crippen molar-refractivity contribution >= 4 is 5.84 Å². The number of para-hydroxylation sites is 1. The fraction of sp³-hybridized carbons (Fsp3) is 0.118. The Kier molecular flexibility index (Phi) is 3.48. The van der Waals surface area contributed by atoms with Gasteiger partial charge in [-0.1, -0.05) is 35.5 Å². The summed E-state index contributed by atoms with van der Waals surface area (Å²) in [6.45, 7) is 0. The maximum Gasteiger partial charge on any atom is 0.175 e. The third-order valence-corrected chi connectivity index (χ3v) is 3.57. The van der Waals surface area contributed by atoms with E-state index in [9.17, 15) is 0 Å². The van der Waals surface area contributed by atoms with Gasteiger partial charge in [-0.05, 0) is 29.8 Å². The molecule has 1 atom stereocenters. The Bertz CT molecular complexity index is 798. The lowest BCUT2D eigenvalue weighted by molar-refractivity contribution is 0.0856. The highest BCUT2D eigenvalue weighted by atomic mass is 16.6. The van der Waals surface area contributed by atoms with E-state index >= 15 is 0 Å². The fourth-order valence-corrected chi connectivity index (χ4v) is 2.40. The molecule has 0 bridgehead atoms. The van der Waals surface area contributed by atoms with Gasteiger partial charge in [-0.2, -0.15) is 5.10 Å². The summed E-state index contributed by atoms with van der Waals surface area (Å²) in [6, 6.07) is 17.5. The van der Waals surface area contributed by atoms with Crippen LogP contribution in [0.15, 0.2) is 72.4 Å². The topological polar surface area (TPSA) is 61.5 Å². The molecule has 0 amide bonds. The van der Waals surface area contributed by atoms with Crippen LogP contribution >= 0.6 is 0 Å². The number of hydrogen-bond donors (Lipinski definition) is 0. The Hall–Kier alpha value is -3.15. The molecule has 3 aromatic rings. The molecular weight excluding hydrogens is 292 g/mol. The van der Waals surface area contributed by atoms with Crippen LogP contribution in [0.2, 0.25) is 0 Å². The number of aromatic nitrogens is 3. The van der Waals surface area contributed by atoms with Crippen LogP contribution in [0.3, 0.4) is 0 Å². The van der Waals surface area contributed by atoms with E-state index in [2.05, 4.69) is 15.2 Å². The first kappa shape index (κ1) is 13.5. The lowest BCUT2D eigenvalue weighted by Gasteiger charge is -2.10. The van der Waals surface area contributed by atoms with E-state index in [1.165, 1.54) is 6.33 Å². The van der Waals surface area contributed by atoms with Crippen molar-refractivity contribution in [2.75, 3.05) is 0 Å². The van der Waals surface area contributed by atoms with Crippen LogP contribution in [0, 0.1) is 0 Å². The largest absolute Gasteiger partial charge is 0.457 e. The van der Waals surface area contributed by atoms with Crippen molar-refractivity contribution in [3.05, 3.63) is 72.8 Å². The third kappa shape index (κ3) is 2.91. The molecule has 0 saturated carbocycles. The number of rotatable bonds is 3. The van der Waals surface area contributed by atoms with E-state index in [-0.39, 0.29) is 6.10 Å². The van der Waals surface area contributed by atoms with Crippen molar-refractivity contribution in [1.82, 2.24) is 14.8 Å². The van der Waals surface area contributed by atoms with Crippen LogP contribution in [-0.2, 0) is 4.84 Å². The second-order valence-corrected chi connectivity index (χ2v) is 5.13. The van der Waals surface area contributed by atoms with Gasteiger partial charge in [-0.3, -0.25) is 0 Å². The van der Waals surface area contributed by atoms with Crippen LogP contribution in [0.4, 0.5) is 0 Å². The van der Waals surface area contributed by atoms with Gasteiger partial charge in [-0.25, -0.2) is 9.67 Å². The monoisotopic (exact) mass is 306 g/mol. The predicted molar refractivity (Wildman–Crippen MR) is 84.3 cm³/mol. The van der Waals surface area contributed by atoms with Gasteiger partial charge in [0, 0.05) is 0 Å². The van der Waals surface area contributed by atoms with Gasteiger partial charge in [0.05, 0.1) is 6.42 Å². The minimum atomic E-state index is -0.111. The molecule has 6 heteroatoms. The molecule has 1 aliphatic rings. The third-order valence-electron chi connectivity index (χ3n) is 3.57. The molecule has 114 valence electrons. The van der Waals surface area contributed by atoms with Crippen LogP contribution in [-0.4, -0.2) is 20.6 Å². The average molecular weight is 306 g/mol. The smallest absolute Gasteiger partial charge is 0.175 e. The van der Waals surface area contributed by atoms with Crippen molar-refractivity contribution in [2.24, 2.45) is 5.16 Å². The second-order valence-electron chi connectivity index (χ2n) is 5.13. The molecule has 0 N–H and O–H groups in total. The molecule has 0 radical (unpaired) electrons. The summed E-state index contributed by atoms with van der Waals surface area (Å²) in [6.07, 6.45) is 3.63. The van der Waals surface area contributed by atoms with E-state index in [0.717, 1.165) is 22.9 Å². The van der Waals surface area contributed by atoms with Gasteiger partial charge in [0.15, 0.2) is 11.9 Å². The van der Waals surface area contributed by atoms with Crippen molar-refractivity contribution in [1.29, 1.82) is 0 Å². The van der Waals surface area contributed by atoms with Gasteiger partial charge in [-0.15, -0.1) is 0 Å². The predicted octanol–water partition coefficient (Wildman–Crippen LogP) is 3.39. The highest BCUT2D eigenvalue weighted by Gasteiger charge is 2.24. The van der Waals surface area contributed by atoms with E-state index < -0.39 is 0 Å². The summed E-state index contributed by atoms with van der Waals surface area (Å²) in [5.41, 5.74) is 1.05. The lowest BCUT2D eigenvalue weighted by Crippen LogP contribution is -2.10. The Labute approximate surface area is 133 Å².